The average Bonchev–Trinajstić information content (AvgIpc) is 2.29. The number of nitrogens with two attached hydrogens (primary N) is 1. The minimum Gasteiger partial charge on any atom is -0.394 e. The molecule has 2 atom stereocenters. The zero-order chi connectivity index (χ0) is 11.3. The van der Waals surface area contributed by atoms with Crippen molar-refractivity contribution < 1.29 is 9.84 Å². The number of hydrogen-bond acceptors (Lipinski definition) is 4. The van der Waals surface area contributed by atoms with Gasteiger partial charge in [-0.3, -0.25) is 4.90 Å². The van der Waals surface area contributed by atoms with E-state index in [2.05, 4.69) is 18.7 Å². The highest BCUT2D eigenvalue weighted by molar-refractivity contribution is 4.81. The van der Waals surface area contributed by atoms with Crippen LogP contribution in [0.3, 0.4) is 0 Å². The quantitative estimate of drug-likeness (QED) is 0.682. The van der Waals surface area contributed by atoms with Gasteiger partial charge in [-0.2, -0.15) is 0 Å². The zero-order valence-electron chi connectivity index (χ0n) is 9.91. The van der Waals surface area contributed by atoms with E-state index in [1.165, 1.54) is 0 Å². The number of rotatable bonds is 5. The Balaban J connectivity index is 2.43. The lowest BCUT2D eigenvalue weighted by molar-refractivity contribution is -0.0612. The number of nitrogens with zero attached hydrogens (tertiary/aromatic N) is 1. The van der Waals surface area contributed by atoms with Crippen LogP contribution >= 0.6 is 0 Å². The van der Waals surface area contributed by atoms with Gasteiger partial charge in [-0.05, 0) is 18.4 Å². The van der Waals surface area contributed by atoms with Crippen molar-refractivity contribution in [3.05, 3.63) is 0 Å². The van der Waals surface area contributed by atoms with Gasteiger partial charge in [-0.25, -0.2) is 0 Å². The molecule has 1 heterocycles. The molecule has 0 saturated carbocycles. The largest absolute Gasteiger partial charge is 0.394 e. The molecule has 0 spiro atoms. The van der Waals surface area contributed by atoms with Crippen molar-refractivity contribution >= 4 is 0 Å². The Hall–Kier alpha value is -0.160. The lowest BCUT2D eigenvalue weighted by Gasteiger charge is -2.38. The van der Waals surface area contributed by atoms with Gasteiger partial charge in [-0.1, -0.05) is 13.8 Å². The summed E-state index contributed by atoms with van der Waals surface area (Å²) in [5, 5.41) is 9.05. The number of aliphatic hydroxyl groups excluding tert-OH is 1. The van der Waals surface area contributed by atoms with Crippen LogP contribution in [0.1, 0.15) is 20.3 Å². The molecule has 1 saturated heterocycles. The molecule has 1 aliphatic heterocycles. The molecule has 0 aliphatic carbocycles. The van der Waals surface area contributed by atoms with Crippen molar-refractivity contribution in [2.45, 2.75) is 26.4 Å². The Kier molecular flexibility index (Phi) is 4.99. The van der Waals surface area contributed by atoms with Gasteiger partial charge >= 0.3 is 0 Å². The summed E-state index contributed by atoms with van der Waals surface area (Å²) in [5.74, 6) is 0. The fourth-order valence-electron chi connectivity index (χ4n) is 1.90. The van der Waals surface area contributed by atoms with Crippen LogP contribution in [0.2, 0.25) is 0 Å². The molecule has 0 radical (unpaired) electrons. The van der Waals surface area contributed by atoms with E-state index in [0.29, 0.717) is 6.54 Å². The van der Waals surface area contributed by atoms with Crippen molar-refractivity contribution in [2.24, 2.45) is 11.1 Å². The third-order valence-electron chi connectivity index (χ3n) is 3.38. The molecule has 1 fully saturated rings. The van der Waals surface area contributed by atoms with Crippen molar-refractivity contribution in [3.63, 3.8) is 0 Å². The van der Waals surface area contributed by atoms with Gasteiger partial charge in [0, 0.05) is 19.6 Å². The summed E-state index contributed by atoms with van der Waals surface area (Å²) in [4.78, 5) is 2.35. The minimum atomic E-state index is -0.0161. The van der Waals surface area contributed by atoms with Crippen molar-refractivity contribution in [1.82, 2.24) is 4.90 Å². The molecule has 4 heteroatoms. The van der Waals surface area contributed by atoms with Crippen LogP contribution in [0, 0.1) is 5.41 Å². The van der Waals surface area contributed by atoms with E-state index in [-0.39, 0.29) is 18.1 Å². The van der Waals surface area contributed by atoms with Gasteiger partial charge in [-0.15, -0.1) is 0 Å². The number of aliphatic hydroxyl groups is 1. The summed E-state index contributed by atoms with van der Waals surface area (Å²) in [5.41, 5.74) is 5.99. The van der Waals surface area contributed by atoms with E-state index in [0.717, 1.165) is 32.7 Å². The van der Waals surface area contributed by atoms with Gasteiger partial charge in [0.1, 0.15) is 0 Å². The highest BCUT2D eigenvalue weighted by Gasteiger charge is 2.27. The standard InChI is InChI=1S/C11H24N2O2/c1-3-11(2,8-12)9-13-4-5-15-10(6-13)7-14/h10,14H,3-9,12H2,1-2H3. The van der Waals surface area contributed by atoms with E-state index >= 15 is 0 Å². The van der Waals surface area contributed by atoms with E-state index in [9.17, 15) is 0 Å². The summed E-state index contributed by atoms with van der Waals surface area (Å²) < 4.78 is 5.42. The van der Waals surface area contributed by atoms with Crippen LogP contribution in [-0.4, -0.2) is 55.5 Å². The lowest BCUT2D eigenvalue weighted by Crippen LogP contribution is -2.49. The SMILES string of the molecule is CCC(C)(CN)CN1CCOC(CO)C1. The molecule has 0 amide bonds. The van der Waals surface area contributed by atoms with E-state index < -0.39 is 0 Å². The Morgan fingerprint density at radius 1 is 1.60 bits per heavy atom. The molecule has 0 aromatic rings. The number of morpholine rings is 1. The Morgan fingerprint density at radius 2 is 2.33 bits per heavy atom. The summed E-state index contributed by atoms with van der Waals surface area (Å²) in [6.45, 7) is 8.72. The highest BCUT2D eigenvalue weighted by atomic mass is 16.5. The van der Waals surface area contributed by atoms with Gasteiger partial charge in [0.05, 0.1) is 19.3 Å². The van der Waals surface area contributed by atoms with Crippen LogP contribution in [0.15, 0.2) is 0 Å². The predicted octanol–water partition coefficient (Wildman–Crippen LogP) is 0.0545. The van der Waals surface area contributed by atoms with Crippen LogP contribution in [-0.2, 0) is 4.74 Å². The Bertz CT molecular complexity index is 183. The lowest BCUT2D eigenvalue weighted by atomic mass is 9.87. The van der Waals surface area contributed by atoms with Crippen LogP contribution < -0.4 is 5.73 Å². The van der Waals surface area contributed by atoms with E-state index in [4.69, 9.17) is 15.6 Å². The van der Waals surface area contributed by atoms with Gasteiger partial charge in [0.2, 0.25) is 0 Å². The van der Waals surface area contributed by atoms with Crippen LogP contribution in [0.4, 0.5) is 0 Å². The highest BCUT2D eigenvalue weighted by Crippen LogP contribution is 2.21. The fourth-order valence-corrected chi connectivity index (χ4v) is 1.90. The first-order valence-electron chi connectivity index (χ1n) is 5.78. The Labute approximate surface area is 92.4 Å². The molecular weight excluding hydrogens is 192 g/mol. The number of hydrogen-bond donors (Lipinski definition) is 2. The van der Waals surface area contributed by atoms with E-state index in [1.807, 2.05) is 0 Å². The second-order valence-electron chi connectivity index (χ2n) is 4.78. The summed E-state index contributed by atoms with van der Waals surface area (Å²) in [7, 11) is 0. The maximum atomic E-state index is 9.05. The first-order chi connectivity index (χ1) is 7.13. The van der Waals surface area contributed by atoms with Gasteiger partial charge < -0.3 is 15.6 Å². The zero-order valence-corrected chi connectivity index (χ0v) is 9.91. The molecule has 0 aromatic carbocycles. The van der Waals surface area contributed by atoms with Crippen LogP contribution in [0.5, 0.6) is 0 Å². The molecular formula is C11H24N2O2. The molecule has 0 bridgehead atoms. The summed E-state index contributed by atoms with van der Waals surface area (Å²) in [6.07, 6.45) is 1.07. The Morgan fingerprint density at radius 3 is 2.87 bits per heavy atom. The molecule has 1 rings (SSSR count). The maximum Gasteiger partial charge on any atom is 0.0932 e. The van der Waals surface area contributed by atoms with Gasteiger partial charge in [0.15, 0.2) is 0 Å². The first-order valence-corrected chi connectivity index (χ1v) is 5.78. The molecule has 3 N–H and O–H groups in total. The third-order valence-corrected chi connectivity index (χ3v) is 3.38. The fraction of sp³-hybridized carbons (Fsp3) is 1.00. The number of ether oxygens (including phenoxy) is 1. The molecule has 4 nitrogen and oxygen atoms in total. The van der Waals surface area contributed by atoms with Crippen molar-refractivity contribution in [1.29, 1.82) is 0 Å². The topological polar surface area (TPSA) is 58.7 Å². The monoisotopic (exact) mass is 216 g/mol. The summed E-state index contributed by atoms with van der Waals surface area (Å²) >= 11 is 0. The average molecular weight is 216 g/mol. The third kappa shape index (κ3) is 3.72. The van der Waals surface area contributed by atoms with E-state index in [1.54, 1.807) is 0 Å². The smallest absolute Gasteiger partial charge is 0.0932 e. The molecule has 0 aromatic heterocycles. The normalized spacial score (nSPS) is 27.6. The minimum absolute atomic E-state index is 0.0161. The molecule has 15 heavy (non-hydrogen) atoms. The predicted molar refractivity (Wildman–Crippen MR) is 60.7 cm³/mol. The molecule has 1 aliphatic rings. The van der Waals surface area contributed by atoms with Crippen molar-refractivity contribution in [3.8, 4) is 0 Å². The maximum absolute atomic E-state index is 9.05. The van der Waals surface area contributed by atoms with Crippen molar-refractivity contribution in [2.75, 3.05) is 39.4 Å². The van der Waals surface area contributed by atoms with Gasteiger partial charge in [0.25, 0.3) is 0 Å². The second-order valence-corrected chi connectivity index (χ2v) is 4.78. The van der Waals surface area contributed by atoms with Crippen LogP contribution in [0.25, 0.3) is 0 Å². The second kappa shape index (κ2) is 5.80. The molecule has 2 unspecified atom stereocenters. The summed E-state index contributed by atoms with van der Waals surface area (Å²) in [6, 6.07) is 0. The first kappa shape index (κ1) is 12.9. The molecule has 90 valence electrons.